The largest absolute Gasteiger partial charge is 0.460 e. The van der Waals surface area contributed by atoms with E-state index in [1.807, 2.05) is 55.8 Å². The van der Waals surface area contributed by atoms with Crippen LogP contribution in [0.1, 0.15) is 27.2 Å². The monoisotopic (exact) mass is 279 g/mol. The number of rotatable bonds is 3. The first-order valence-electron chi connectivity index (χ1n) is 6.31. The number of aryl methyl sites for hydroxylation is 1. The topological polar surface area (TPSA) is 31.2 Å². The second-order valence-corrected chi connectivity index (χ2v) is 5.99. The summed E-state index contributed by atoms with van der Waals surface area (Å²) >= 11 is 5.99. The van der Waals surface area contributed by atoms with E-state index in [-0.39, 0.29) is 5.97 Å². The number of ether oxygens (including phenoxy) is 1. The molecule has 0 unspecified atom stereocenters. The molecule has 0 atom stereocenters. The Morgan fingerprint density at radius 1 is 1.32 bits per heavy atom. The van der Waals surface area contributed by atoms with Gasteiger partial charge >= 0.3 is 5.97 Å². The third-order valence-corrected chi connectivity index (χ3v) is 2.95. The van der Waals surface area contributed by atoms with Gasteiger partial charge in [0.1, 0.15) is 5.60 Å². The molecule has 0 N–H and O–H groups in total. The molecule has 0 spiro atoms. The number of fused-ring (bicyclic) bond motifs is 1. The number of esters is 1. The van der Waals surface area contributed by atoms with Crippen molar-refractivity contribution in [1.29, 1.82) is 0 Å². The van der Waals surface area contributed by atoms with Crippen molar-refractivity contribution in [3.8, 4) is 0 Å². The number of benzene rings is 1. The molecule has 0 radical (unpaired) electrons. The predicted molar refractivity (Wildman–Crippen MR) is 77.4 cm³/mol. The van der Waals surface area contributed by atoms with Crippen molar-refractivity contribution >= 4 is 28.5 Å². The molecule has 0 bridgehead atoms. The molecule has 1 aromatic carbocycles. The van der Waals surface area contributed by atoms with Gasteiger partial charge in [0, 0.05) is 23.3 Å². The lowest BCUT2D eigenvalue weighted by Crippen LogP contribution is -2.24. The number of nitrogens with zero attached hydrogens (tertiary/aromatic N) is 1. The highest BCUT2D eigenvalue weighted by Crippen LogP contribution is 2.21. The molecule has 2 aromatic rings. The maximum Gasteiger partial charge on any atom is 0.308 e. The van der Waals surface area contributed by atoms with Gasteiger partial charge in [-0.1, -0.05) is 17.7 Å². The van der Waals surface area contributed by atoms with Crippen LogP contribution in [0, 0.1) is 0 Å². The zero-order chi connectivity index (χ0) is 14.0. The maximum atomic E-state index is 11.7. The molecule has 0 aliphatic heterocycles. The first-order chi connectivity index (χ1) is 8.85. The summed E-state index contributed by atoms with van der Waals surface area (Å²) in [5.74, 6) is -0.184. The summed E-state index contributed by atoms with van der Waals surface area (Å²) in [6.45, 7) is 6.21. The van der Waals surface area contributed by atoms with E-state index in [2.05, 4.69) is 0 Å². The number of carbonyl (C=O) groups excluding carboxylic acids is 1. The molecule has 19 heavy (non-hydrogen) atoms. The quantitative estimate of drug-likeness (QED) is 0.795. The Hall–Kier alpha value is -1.48. The van der Waals surface area contributed by atoms with Gasteiger partial charge in [-0.05, 0) is 44.4 Å². The Morgan fingerprint density at radius 2 is 2.05 bits per heavy atom. The number of hydrogen-bond donors (Lipinski definition) is 0. The molecule has 0 aliphatic rings. The van der Waals surface area contributed by atoms with Crippen LogP contribution < -0.4 is 0 Å². The summed E-state index contributed by atoms with van der Waals surface area (Å²) in [6, 6.07) is 7.76. The molecule has 0 aliphatic carbocycles. The Labute approximate surface area is 118 Å². The van der Waals surface area contributed by atoms with Crippen LogP contribution in [-0.4, -0.2) is 16.1 Å². The average Bonchev–Trinajstić information content (AvgIpc) is 2.66. The summed E-state index contributed by atoms with van der Waals surface area (Å²) in [6.07, 6.45) is 2.32. The Bertz CT molecular complexity index is 596. The second-order valence-electron chi connectivity index (χ2n) is 5.55. The minimum Gasteiger partial charge on any atom is -0.460 e. The van der Waals surface area contributed by atoms with Gasteiger partial charge in [-0.2, -0.15) is 0 Å². The minimum atomic E-state index is -0.431. The smallest absolute Gasteiger partial charge is 0.308 e. The van der Waals surface area contributed by atoms with Crippen LogP contribution in [0.3, 0.4) is 0 Å². The van der Waals surface area contributed by atoms with Gasteiger partial charge in [0.15, 0.2) is 0 Å². The van der Waals surface area contributed by atoms with E-state index in [9.17, 15) is 4.79 Å². The number of aromatic nitrogens is 1. The SMILES string of the molecule is CC(C)(C)OC(=O)CCn1ccc2ccc(Cl)cc21. The molecule has 0 saturated heterocycles. The van der Waals surface area contributed by atoms with Crippen LogP contribution in [0.25, 0.3) is 10.9 Å². The molecule has 0 fully saturated rings. The highest BCUT2D eigenvalue weighted by molar-refractivity contribution is 6.31. The van der Waals surface area contributed by atoms with E-state index in [1.54, 1.807) is 0 Å². The van der Waals surface area contributed by atoms with Crippen LogP contribution in [0.15, 0.2) is 30.5 Å². The molecule has 2 rings (SSSR count). The molecule has 1 aromatic heterocycles. The predicted octanol–water partition coefficient (Wildman–Crippen LogP) is 4.03. The van der Waals surface area contributed by atoms with Crippen LogP contribution in [0.5, 0.6) is 0 Å². The van der Waals surface area contributed by atoms with Gasteiger partial charge in [0.05, 0.1) is 6.42 Å². The minimum absolute atomic E-state index is 0.184. The van der Waals surface area contributed by atoms with E-state index < -0.39 is 5.60 Å². The van der Waals surface area contributed by atoms with Crippen molar-refractivity contribution in [3.63, 3.8) is 0 Å². The normalized spacial score (nSPS) is 11.8. The van der Waals surface area contributed by atoms with Crippen molar-refractivity contribution in [3.05, 3.63) is 35.5 Å². The van der Waals surface area contributed by atoms with Crippen molar-refractivity contribution < 1.29 is 9.53 Å². The fourth-order valence-corrected chi connectivity index (χ4v) is 2.12. The van der Waals surface area contributed by atoms with Gasteiger partial charge in [0.2, 0.25) is 0 Å². The van der Waals surface area contributed by atoms with Crippen LogP contribution in [0.4, 0.5) is 0 Å². The molecule has 3 nitrogen and oxygen atoms in total. The van der Waals surface area contributed by atoms with Crippen molar-refractivity contribution in [1.82, 2.24) is 4.57 Å². The number of hydrogen-bond acceptors (Lipinski definition) is 2. The van der Waals surface area contributed by atoms with Crippen LogP contribution in [0.2, 0.25) is 5.02 Å². The summed E-state index contributed by atoms with van der Waals surface area (Å²) in [5.41, 5.74) is 0.607. The standard InChI is InChI=1S/C15H18ClNO2/c1-15(2,3)19-14(18)7-9-17-8-6-11-4-5-12(16)10-13(11)17/h4-6,8,10H,7,9H2,1-3H3. The maximum absolute atomic E-state index is 11.7. The first-order valence-corrected chi connectivity index (χ1v) is 6.69. The molecule has 1 heterocycles. The molecular weight excluding hydrogens is 262 g/mol. The molecular formula is C15H18ClNO2. The first kappa shape index (κ1) is 13.9. The van der Waals surface area contributed by atoms with Crippen molar-refractivity contribution in [2.45, 2.75) is 39.3 Å². The fourth-order valence-electron chi connectivity index (χ4n) is 1.96. The molecule has 0 amide bonds. The third-order valence-electron chi connectivity index (χ3n) is 2.71. The second kappa shape index (κ2) is 5.25. The molecule has 102 valence electrons. The van der Waals surface area contributed by atoms with Crippen LogP contribution >= 0.6 is 11.6 Å². The Balaban J connectivity index is 2.06. The van der Waals surface area contributed by atoms with E-state index >= 15 is 0 Å². The lowest BCUT2D eigenvalue weighted by atomic mass is 10.2. The number of halogens is 1. The highest BCUT2D eigenvalue weighted by atomic mass is 35.5. The summed E-state index contributed by atoms with van der Waals surface area (Å²) < 4.78 is 7.31. The Morgan fingerprint density at radius 3 is 2.74 bits per heavy atom. The van der Waals surface area contributed by atoms with Crippen molar-refractivity contribution in [2.24, 2.45) is 0 Å². The van der Waals surface area contributed by atoms with Gasteiger partial charge in [0.25, 0.3) is 0 Å². The zero-order valence-corrected chi connectivity index (χ0v) is 12.2. The average molecular weight is 280 g/mol. The van der Waals surface area contributed by atoms with E-state index in [1.165, 1.54) is 0 Å². The highest BCUT2D eigenvalue weighted by Gasteiger charge is 2.16. The van der Waals surface area contributed by atoms with E-state index in [4.69, 9.17) is 16.3 Å². The van der Waals surface area contributed by atoms with Gasteiger partial charge in [-0.15, -0.1) is 0 Å². The van der Waals surface area contributed by atoms with Crippen LogP contribution in [-0.2, 0) is 16.1 Å². The lowest BCUT2D eigenvalue weighted by molar-refractivity contribution is -0.155. The number of carbonyl (C=O) groups is 1. The summed E-state index contributed by atoms with van der Waals surface area (Å²) in [4.78, 5) is 11.7. The molecule has 4 heteroatoms. The summed E-state index contributed by atoms with van der Waals surface area (Å²) in [5, 5.41) is 1.82. The van der Waals surface area contributed by atoms with Gasteiger partial charge < -0.3 is 9.30 Å². The van der Waals surface area contributed by atoms with Gasteiger partial charge in [-0.3, -0.25) is 4.79 Å². The third kappa shape index (κ3) is 3.74. The zero-order valence-electron chi connectivity index (χ0n) is 11.4. The Kier molecular flexibility index (Phi) is 3.85. The summed E-state index contributed by atoms with van der Waals surface area (Å²) in [7, 11) is 0. The lowest BCUT2D eigenvalue weighted by Gasteiger charge is -2.19. The van der Waals surface area contributed by atoms with E-state index in [0.29, 0.717) is 18.0 Å². The van der Waals surface area contributed by atoms with E-state index in [0.717, 1.165) is 10.9 Å². The van der Waals surface area contributed by atoms with Crippen molar-refractivity contribution in [2.75, 3.05) is 0 Å². The molecule has 0 saturated carbocycles. The van der Waals surface area contributed by atoms with Gasteiger partial charge in [-0.25, -0.2) is 0 Å². The fraction of sp³-hybridized carbons (Fsp3) is 0.400.